The number of aryl methyl sites for hydroxylation is 1. The Morgan fingerprint density at radius 3 is 2.78 bits per heavy atom. The molecule has 0 amide bonds. The predicted molar refractivity (Wildman–Crippen MR) is 85.9 cm³/mol. The first-order valence-corrected chi connectivity index (χ1v) is 9.25. The van der Waals surface area contributed by atoms with Crippen molar-refractivity contribution in [2.75, 3.05) is 46.9 Å². The summed E-state index contributed by atoms with van der Waals surface area (Å²) in [4.78, 5) is 2.33. The van der Waals surface area contributed by atoms with E-state index in [0.29, 0.717) is 19.7 Å². The molecule has 2 saturated heterocycles. The van der Waals surface area contributed by atoms with E-state index in [0.717, 1.165) is 19.6 Å². The molecule has 8 nitrogen and oxygen atoms in total. The lowest BCUT2D eigenvalue weighted by molar-refractivity contribution is 0.0545. The lowest BCUT2D eigenvalue weighted by atomic mass is 10.1. The van der Waals surface area contributed by atoms with Gasteiger partial charge in [0.2, 0.25) is 0 Å². The van der Waals surface area contributed by atoms with E-state index in [1.54, 1.807) is 18.8 Å². The van der Waals surface area contributed by atoms with Crippen molar-refractivity contribution in [1.82, 2.24) is 23.3 Å². The smallest absolute Gasteiger partial charge is 0.281 e. The molecule has 23 heavy (non-hydrogen) atoms. The highest BCUT2D eigenvalue weighted by Crippen LogP contribution is 2.26. The fraction of sp³-hybridized carbons (Fsp3) is 0.786. The van der Waals surface area contributed by atoms with Gasteiger partial charge in [0.15, 0.2) is 0 Å². The maximum atomic E-state index is 12.3. The van der Waals surface area contributed by atoms with Crippen molar-refractivity contribution in [1.29, 1.82) is 0 Å². The number of aromatic nitrogens is 2. The second kappa shape index (κ2) is 6.48. The molecule has 2 atom stereocenters. The van der Waals surface area contributed by atoms with Gasteiger partial charge >= 0.3 is 0 Å². The summed E-state index contributed by atoms with van der Waals surface area (Å²) in [6.07, 6.45) is 3.88. The standard InChI is InChI=1S/C14H25N5O3S/c1-16(2)23(20,21)19-10-13-9-18(4-5-22-14(13)11-19)8-12-6-15-17(3)7-12/h6-7,13-14H,4-5,8-11H2,1-3H3/t13-,14+/m1/s1. The lowest BCUT2D eigenvalue weighted by Crippen LogP contribution is -2.40. The zero-order chi connectivity index (χ0) is 16.6. The van der Waals surface area contributed by atoms with Crippen molar-refractivity contribution in [2.24, 2.45) is 13.0 Å². The zero-order valence-electron chi connectivity index (χ0n) is 13.9. The van der Waals surface area contributed by atoms with E-state index in [1.165, 1.54) is 14.2 Å². The van der Waals surface area contributed by atoms with Crippen LogP contribution < -0.4 is 0 Å². The molecule has 3 rings (SSSR count). The Labute approximate surface area is 137 Å². The average Bonchev–Trinajstić information content (AvgIpc) is 3.01. The maximum absolute atomic E-state index is 12.3. The van der Waals surface area contributed by atoms with Crippen LogP contribution in [0.2, 0.25) is 0 Å². The van der Waals surface area contributed by atoms with E-state index in [2.05, 4.69) is 10.00 Å². The van der Waals surface area contributed by atoms with Crippen LogP contribution >= 0.6 is 0 Å². The number of hydrogen-bond donors (Lipinski definition) is 0. The van der Waals surface area contributed by atoms with Crippen molar-refractivity contribution < 1.29 is 13.2 Å². The first-order valence-electron chi connectivity index (χ1n) is 7.85. The van der Waals surface area contributed by atoms with Crippen LogP contribution in [0.15, 0.2) is 12.4 Å². The number of ether oxygens (including phenoxy) is 1. The molecule has 0 aliphatic carbocycles. The van der Waals surface area contributed by atoms with Gasteiger partial charge in [-0.15, -0.1) is 0 Å². The Morgan fingerprint density at radius 2 is 2.13 bits per heavy atom. The summed E-state index contributed by atoms with van der Waals surface area (Å²) in [6, 6.07) is 0. The fourth-order valence-corrected chi connectivity index (χ4v) is 4.48. The molecular formula is C14H25N5O3S. The Balaban J connectivity index is 1.66. The second-order valence-electron chi connectivity index (χ2n) is 6.53. The van der Waals surface area contributed by atoms with E-state index in [-0.39, 0.29) is 12.0 Å². The Morgan fingerprint density at radius 1 is 1.35 bits per heavy atom. The normalized spacial score (nSPS) is 27.3. The van der Waals surface area contributed by atoms with Gasteiger partial charge in [-0.05, 0) is 0 Å². The molecular weight excluding hydrogens is 318 g/mol. The van der Waals surface area contributed by atoms with Crippen LogP contribution in [-0.2, 0) is 28.5 Å². The summed E-state index contributed by atoms with van der Waals surface area (Å²) in [7, 11) is 1.68. The van der Waals surface area contributed by atoms with Crippen molar-refractivity contribution in [3.63, 3.8) is 0 Å². The number of hydrogen-bond acceptors (Lipinski definition) is 5. The third kappa shape index (κ3) is 3.58. The van der Waals surface area contributed by atoms with Gasteiger partial charge in [0.05, 0.1) is 18.9 Å². The van der Waals surface area contributed by atoms with E-state index in [4.69, 9.17) is 4.74 Å². The summed E-state index contributed by atoms with van der Waals surface area (Å²) in [5, 5.41) is 4.20. The summed E-state index contributed by atoms with van der Waals surface area (Å²) in [6.45, 7) is 4.14. The first-order chi connectivity index (χ1) is 10.9. The van der Waals surface area contributed by atoms with Gasteiger partial charge in [-0.25, -0.2) is 0 Å². The van der Waals surface area contributed by atoms with E-state index < -0.39 is 10.2 Å². The molecule has 0 unspecified atom stereocenters. The second-order valence-corrected chi connectivity index (χ2v) is 8.68. The monoisotopic (exact) mass is 343 g/mol. The lowest BCUT2D eigenvalue weighted by Gasteiger charge is -2.23. The summed E-state index contributed by atoms with van der Waals surface area (Å²) < 4.78 is 35.1. The van der Waals surface area contributed by atoms with E-state index in [9.17, 15) is 8.42 Å². The zero-order valence-corrected chi connectivity index (χ0v) is 14.7. The molecule has 2 fully saturated rings. The molecule has 130 valence electrons. The van der Waals surface area contributed by atoms with Crippen LogP contribution in [0.3, 0.4) is 0 Å². The van der Waals surface area contributed by atoms with Crippen LogP contribution in [0.4, 0.5) is 0 Å². The van der Waals surface area contributed by atoms with Crippen LogP contribution in [0, 0.1) is 5.92 Å². The molecule has 0 spiro atoms. The molecule has 1 aromatic rings. The largest absolute Gasteiger partial charge is 0.375 e. The molecule has 0 bridgehead atoms. The topological polar surface area (TPSA) is 70.9 Å². The third-order valence-corrected chi connectivity index (χ3v) is 6.41. The fourth-order valence-electron chi connectivity index (χ4n) is 3.30. The van der Waals surface area contributed by atoms with Crippen molar-refractivity contribution in [2.45, 2.75) is 12.6 Å². The SMILES string of the molecule is CN(C)S(=O)(=O)N1C[C@H]2CN(Cc3cnn(C)c3)CCO[C@H]2C1. The van der Waals surface area contributed by atoms with Crippen LogP contribution in [-0.4, -0.2) is 84.7 Å². The average molecular weight is 343 g/mol. The van der Waals surface area contributed by atoms with Crippen molar-refractivity contribution in [3.8, 4) is 0 Å². The van der Waals surface area contributed by atoms with Gasteiger partial charge in [-0.1, -0.05) is 0 Å². The molecule has 3 heterocycles. The highest BCUT2D eigenvalue weighted by Gasteiger charge is 2.41. The summed E-state index contributed by atoms with van der Waals surface area (Å²) >= 11 is 0. The summed E-state index contributed by atoms with van der Waals surface area (Å²) in [5.41, 5.74) is 1.17. The highest BCUT2D eigenvalue weighted by molar-refractivity contribution is 7.86. The molecule has 0 aromatic carbocycles. The van der Waals surface area contributed by atoms with Gasteiger partial charge in [0.25, 0.3) is 10.2 Å². The van der Waals surface area contributed by atoms with Gasteiger partial charge in [0.1, 0.15) is 0 Å². The van der Waals surface area contributed by atoms with Gasteiger partial charge in [-0.3, -0.25) is 9.58 Å². The van der Waals surface area contributed by atoms with E-state index >= 15 is 0 Å². The van der Waals surface area contributed by atoms with Gasteiger partial charge in [-0.2, -0.15) is 22.1 Å². The minimum atomic E-state index is -3.36. The predicted octanol–water partition coefficient (Wildman–Crippen LogP) is -0.641. The number of fused-ring (bicyclic) bond motifs is 1. The van der Waals surface area contributed by atoms with Crippen LogP contribution in [0.5, 0.6) is 0 Å². The first kappa shape index (κ1) is 16.8. The van der Waals surface area contributed by atoms with E-state index in [1.807, 2.05) is 19.4 Å². The molecule has 9 heteroatoms. The van der Waals surface area contributed by atoms with Gasteiger partial charge < -0.3 is 4.74 Å². The molecule has 0 saturated carbocycles. The summed E-state index contributed by atoms with van der Waals surface area (Å²) in [5.74, 6) is 0.212. The minimum absolute atomic E-state index is 0.0105. The Hall–Kier alpha value is -1.00. The quantitative estimate of drug-likeness (QED) is 0.727. The van der Waals surface area contributed by atoms with Crippen molar-refractivity contribution in [3.05, 3.63) is 18.0 Å². The minimum Gasteiger partial charge on any atom is -0.375 e. The molecule has 1 aromatic heterocycles. The van der Waals surface area contributed by atoms with Crippen molar-refractivity contribution >= 4 is 10.2 Å². The highest BCUT2D eigenvalue weighted by atomic mass is 32.2. The van der Waals surface area contributed by atoms with Gasteiger partial charge in [0, 0.05) is 71.5 Å². The number of rotatable bonds is 4. The van der Waals surface area contributed by atoms with Crippen LogP contribution in [0.25, 0.3) is 0 Å². The van der Waals surface area contributed by atoms with Crippen LogP contribution in [0.1, 0.15) is 5.56 Å². The third-order valence-electron chi connectivity index (χ3n) is 4.53. The molecule has 2 aliphatic rings. The molecule has 2 aliphatic heterocycles. The number of nitrogens with zero attached hydrogens (tertiary/aromatic N) is 5. The molecule has 0 radical (unpaired) electrons. The Bertz CT molecular complexity index is 645. The Kier molecular flexibility index (Phi) is 4.75. The maximum Gasteiger partial charge on any atom is 0.281 e. The molecule has 0 N–H and O–H groups in total.